The van der Waals surface area contributed by atoms with Gasteiger partial charge in [0.25, 0.3) is 0 Å². The molecule has 3 aromatic heterocycles. The molecule has 3 heterocycles. The quantitative estimate of drug-likeness (QED) is 0.751. The molecule has 0 aliphatic carbocycles. The molecule has 0 amide bonds. The largest absolute Gasteiger partial charge is 0.433 e. The zero-order chi connectivity index (χ0) is 18.9. The summed E-state index contributed by atoms with van der Waals surface area (Å²) in [6.45, 7) is 4.40. The first kappa shape index (κ1) is 17.9. The Morgan fingerprint density at radius 1 is 1.23 bits per heavy atom. The van der Waals surface area contributed by atoms with Gasteiger partial charge in [-0.1, -0.05) is 0 Å². The minimum atomic E-state index is -4.58. The van der Waals surface area contributed by atoms with Gasteiger partial charge in [-0.05, 0) is 26.0 Å². The van der Waals surface area contributed by atoms with Crippen LogP contribution >= 0.6 is 0 Å². The Bertz CT molecular complexity index is 897. The smallest absolute Gasteiger partial charge is 0.346 e. The molecular formula is C16H18F3N7. The van der Waals surface area contributed by atoms with Gasteiger partial charge in [0, 0.05) is 31.5 Å². The van der Waals surface area contributed by atoms with Crippen molar-refractivity contribution >= 4 is 5.95 Å². The van der Waals surface area contributed by atoms with E-state index in [4.69, 9.17) is 0 Å². The molecule has 0 unspecified atom stereocenters. The average molecular weight is 365 g/mol. The molecule has 0 aromatic carbocycles. The minimum Gasteiger partial charge on any atom is -0.346 e. The molecule has 0 radical (unpaired) electrons. The maximum Gasteiger partial charge on any atom is 0.433 e. The van der Waals surface area contributed by atoms with E-state index in [0.29, 0.717) is 12.1 Å². The van der Waals surface area contributed by atoms with E-state index in [2.05, 4.69) is 25.5 Å². The molecule has 0 bridgehead atoms. The van der Waals surface area contributed by atoms with Crippen LogP contribution in [0, 0.1) is 0 Å². The Balaban J connectivity index is 1.98. The first-order valence-corrected chi connectivity index (χ1v) is 8.01. The van der Waals surface area contributed by atoms with Crippen molar-refractivity contribution in [2.75, 3.05) is 5.32 Å². The number of alkyl halides is 3. The van der Waals surface area contributed by atoms with Gasteiger partial charge in [-0.2, -0.15) is 23.4 Å². The first-order chi connectivity index (χ1) is 12.3. The monoisotopic (exact) mass is 365 g/mol. The van der Waals surface area contributed by atoms with Crippen molar-refractivity contribution in [3.05, 3.63) is 42.1 Å². The summed E-state index contributed by atoms with van der Waals surface area (Å²) in [5.74, 6) is -0.102. The van der Waals surface area contributed by atoms with Crippen molar-refractivity contribution in [1.29, 1.82) is 0 Å². The minimum absolute atomic E-state index is 0.102. The fraction of sp³-hybridized carbons (Fsp3) is 0.375. The van der Waals surface area contributed by atoms with Gasteiger partial charge in [0.15, 0.2) is 5.69 Å². The fourth-order valence-corrected chi connectivity index (χ4v) is 2.60. The maximum absolute atomic E-state index is 13.2. The number of hydrogen-bond acceptors (Lipinski definition) is 5. The summed E-state index contributed by atoms with van der Waals surface area (Å²) in [4.78, 5) is 7.87. The summed E-state index contributed by atoms with van der Waals surface area (Å²) in [5.41, 5.74) is 0.454. The Hall–Kier alpha value is -2.91. The second-order valence-electron chi connectivity index (χ2n) is 5.80. The van der Waals surface area contributed by atoms with Gasteiger partial charge < -0.3 is 5.32 Å². The molecule has 3 aromatic rings. The van der Waals surface area contributed by atoms with Crippen molar-refractivity contribution in [3.63, 3.8) is 0 Å². The lowest BCUT2D eigenvalue weighted by Gasteiger charge is -2.17. The second-order valence-corrected chi connectivity index (χ2v) is 5.80. The molecule has 1 atom stereocenters. The zero-order valence-electron chi connectivity index (χ0n) is 14.5. The third-order valence-electron chi connectivity index (χ3n) is 3.86. The molecule has 0 spiro atoms. The Morgan fingerprint density at radius 2 is 2.00 bits per heavy atom. The summed E-state index contributed by atoms with van der Waals surface area (Å²) >= 11 is 0. The number of hydrogen-bond donors (Lipinski definition) is 1. The predicted octanol–water partition coefficient (Wildman–Crippen LogP) is 3.29. The SMILES string of the molecule is CCn1nccc1[C@@H](C)Nc1nc(-c2cnn(C)c2)cc(C(F)(F)F)n1. The highest BCUT2D eigenvalue weighted by molar-refractivity contribution is 5.59. The average Bonchev–Trinajstić information content (AvgIpc) is 3.22. The van der Waals surface area contributed by atoms with Gasteiger partial charge in [0.05, 0.1) is 23.6 Å². The number of nitrogens with one attached hydrogen (secondary N) is 1. The summed E-state index contributed by atoms with van der Waals surface area (Å²) < 4.78 is 43.0. The van der Waals surface area contributed by atoms with Gasteiger partial charge in [-0.3, -0.25) is 9.36 Å². The molecule has 138 valence electrons. The highest BCUT2D eigenvalue weighted by atomic mass is 19.4. The van der Waals surface area contributed by atoms with E-state index in [0.717, 1.165) is 11.8 Å². The van der Waals surface area contributed by atoms with Crippen LogP contribution in [0.25, 0.3) is 11.3 Å². The van der Waals surface area contributed by atoms with Crippen molar-refractivity contribution in [2.24, 2.45) is 7.05 Å². The lowest BCUT2D eigenvalue weighted by molar-refractivity contribution is -0.141. The summed E-state index contributed by atoms with van der Waals surface area (Å²) in [5, 5.41) is 11.1. The highest BCUT2D eigenvalue weighted by Gasteiger charge is 2.34. The Kier molecular flexibility index (Phi) is 4.66. The van der Waals surface area contributed by atoms with E-state index in [1.165, 1.54) is 10.9 Å². The molecular weight excluding hydrogens is 347 g/mol. The molecule has 0 fully saturated rings. The van der Waals surface area contributed by atoms with E-state index in [1.807, 2.05) is 13.8 Å². The maximum atomic E-state index is 13.2. The van der Waals surface area contributed by atoms with Gasteiger partial charge in [0.1, 0.15) is 0 Å². The number of aryl methyl sites for hydroxylation is 2. The topological polar surface area (TPSA) is 73.5 Å². The normalized spacial score (nSPS) is 13.0. The lowest BCUT2D eigenvalue weighted by Crippen LogP contribution is -2.17. The molecule has 10 heteroatoms. The summed E-state index contributed by atoms with van der Waals surface area (Å²) in [6, 6.07) is 2.41. The van der Waals surface area contributed by atoms with Crippen LogP contribution in [0.2, 0.25) is 0 Å². The molecule has 0 aliphatic rings. The lowest BCUT2D eigenvalue weighted by atomic mass is 10.2. The van der Waals surface area contributed by atoms with E-state index >= 15 is 0 Å². The Labute approximate surface area is 147 Å². The van der Waals surface area contributed by atoms with E-state index in [1.54, 1.807) is 30.2 Å². The fourth-order valence-electron chi connectivity index (χ4n) is 2.60. The molecule has 1 N–H and O–H groups in total. The molecule has 7 nitrogen and oxygen atoms in total. The van der Waals surface area contributed by atoms with Crippen LogP contribution in [0.3, 0.4) is 0 Å². The molecule has 26 heavy (non-hydrogen) atoms. The van der Waals surface area contributed by atoms with E-state index < -0.39 is 11.9 Å². The van der Waals surface area contributed by atoms with Crippen LogP contribution in [-0.2, 0) is 19.8 Å². The van der Waals surface area contributed by atoms with Gasteiger partial charge in [-0.25, -0.2) is 9.97 Å². The standard InChI is InChI=1S/C16H18F3N7/c1-4-26-13(5-6-20-26)10(2)22-15-23-12(11-8-21-25(3)9-11)7-14(24-15)16(17,18)19/h5-10H,4H2,1-3H3,(H,22,23,24)/t10-/m1/s1. The van der Waals surface area contributed by atoms with E-state index in [-0.39, 0.29) is 17.7 Å². The second kappa shape index (κ2) is 6.77. The predicted molar refractivity (Wildman–Crippen MR) is 89.2 cm³/mol. The third-order valence-corrected chi connectivity index (χ3v) is 3.86. The van der Waals surface area contributed by atoms with Crippen LogP contribution < -0.4 is 5.32 Å². The van der Waals surface area contributed by atoms with Gasteiger partial charge in [-0.15, -0.1) is 0 Å². The third kappa shape index (κ3) is 3.68. The van der Waals surface area contributed by atoms with Crippen molar-refractivity contribution in [1.82, 2.24) is 29.5 Å². The van der Waals surface area contributed by atoms with Crippen molar-refractivity contribution in [3.8, 4) is 11.3 Å². The van der Waals surface area contributed by atoms with Gasteiger partial charge in [0.2, 0.25) is 5.95 Å². The number of aromatic nitrogens is 6. The molecule has 3 rings (SSSR count). The van der Waals surface area contributed by atoms with Crippen LogP contribution in [0.5, 0.6) is 0 Å². The van der Waals surface area contributed by atoms with Crippen LogP contribution in [-0.4, -0.2) is 29.5 Å². The summed E-state index contributed by atoms with van der Waals surface area (Å²) in [7, 11) is 1.68. The molecule has 0 saturated carbocycles. The summed E-state index contributed by atoms with van der Waals surface area (Å²) in [6.07, 6.45) is 0.125. The Morgan fingerprint density at radius 3 is 2.62 bits per heavy atom. The van der Waals surface area contributed by atoms with Crippen LogP contribution in [0.15, 0.2) is 30.7 Å². The zero-order valence-corrected chi connectivity index (χ0v) is 14.5. The number of nitrogens with zero attached hydrogens (tertiary/aromatic N) is 6. The highest BCUT2D eigenvalue weighted by Crippen LogP contribution is 2.31. The van der Waals surface area contributed by atoms with Crippen molar-refractivity contribution < 1.29 is 13.2 Å². The number of anilines is 1. The number of halogens is 3. The molecule has 0 saturated heterocycles. The van der Waals surface area contributed by atoms with Crippen molar-refractivity contribution in [2.45, 2.75) is 32.6 Å². The number of rotatable bonds is 5. The van der Waals surface area contributed by atoms with Crippen LogP contribution in [0.4, 0.5) is 19.1 Å². The molecule has 0 aliphatic heterocycles. The van der Waals surface area contributed by atoms with Crippen LogP contribution in [0.1, 0.15) is 31.3 Å². The van der Waals surface area contributed by atoms with E-state index in [9.17, 15) is 13.2 Å². The van der Waals surface area contributed by atoms with Gasteiger partial charge >= 0.3 is 6.18 Å². The first-order valence-electron chi connectivity index (χ1n) is 8.01.